The molecule has 20 heavy (non-hydrogen) atoms. The van der Waals surface area contributed by atoms with E-state index in [1.807, 2.05) is 24.0 Å². The predicted molar refractivity (Wildman–Crippen MR) is 78.7 cm³/mol. The van der Waals surface area contributed by atoms with Gasteiger partial charge < -0.3 is 10.2 Å². The summed E-state index contributed by atoms with van der Waals surface area (Å²) in [5.41, 5.74) is 0. The van der Waals surface area contributed by atoms with Crippen LogP contribution in [0.3, 0.4) is 0 Å². The Morgan fingerprint density at radius 1 is 1.50 bits per heavy atom. The molecule has 0 radical (unpaired) electrons. The van der Waals surface area contributed by atoms with Crippen molar-refractivity contribution in [3.63, 3.8) is 0 Å². The number of amides is 2. The molecule has 4 nitrogen and oxygen atoms in total. The normalized spacial score (nSPS) is 24.0. The number of nitrogens with one attached hydrogen (secondary N) is 1. The van der Waals surface area contributed by atoms with Gasteiger partial charge in [-0.05, 0) is 31.9 Å². The van der Waals surface area contributed by atoms with E-state index in [-0.39, 0.29) is 23.8 Å². The first-order valence-electron chi connectivity index (χ1n) is 6.89. The second kappa shape index (κ2) is 5.37. The Morgan fingerprint density at radius 3 is 2.85 bits per heavy atom. The lowest BCUT2D eigenvalue weighted by atomic mass is 10.1. The van der Waals surface area contributed by atoms with E-state index in [0.717, 1.165) is 22.1 Å². The maximum atomic E-state index is 12.3. The van der Waals surface area contributed by atoms with Gasteiger partial charge in [-0.3, -0.25) is 9.59 Å². The van der Waals surface area contributed by atoms with Crippen LogP contribution in [0.15, 0.2) is 12.1 Å². The molecule has 3 rings (SSSR count). The van der Waals surface area contributed by atoms with Crippen LogP contribution >= 0.6 is 22.9 Å². The lowest BCUT2D eigenvalue weighted by molar-refractivity contribution is -0.129. The van der Waals surface area contributed by atoms with E-state index in [2.05, 4.69) is 5.32 Å². The van der Waals surface area contributed by atoms with Gasteiger partial charge in [0.2, 0.25) is 11.8 Å². The van der Waals surface area contributed by atoms with E-state index in [1.54, 1.807) is 0 Å². The number of halogens is 1. The lowest BCUT2D eigenvalue weighted by Crippen LogP contribution is -2.34. The van der Waals surface area contributed by atoms with Crippen LogP contribution in [0.2, 0.25) is 4.34 Å². The van der Waals surface area contributed by atoms with E-state index in [4.69, 9.17) is 11.6 Å². The maximum absolute atomic E-state index is 12.3. The minimum Gasteiger partial charge on any atom is -0.348 e. The first kappa shape index (κ1) is 13.9. The summed E-state index contributed by atoms with van der Waals surface area (Å²) in [5, 5.41) is 2.99. The van der Waals surface area contributed by atoms with Gasteiger partial charge in [0, 0.05) is 23.9 Å². The third-order valence-corrected chi connectivity index (χ3v) is 5.31. The van der Waals surface area contributed by atoms with E-state index < -0.39 is 0 Å². The molecule has 0 bridgehead atoms. The molecule has 2 amide bonds. The Morgan fingerprint density at radius 2 is 2.25 bits per heavy atom. The monoisotopic (exact) mass is 312 g/mol. The van der Waals surface area contributed by atoms with Crippen LogP contribution in [0.1, 0.15) is 37.1 Å². The molecule has 0 spiro atoms. The summed E-state index contributed by atoms with van der Waals surface area (Å²) in [6.45, 7) is 2.52. The highest BCUT2D eigenvalue weighted by Gasteiger charge is 2.41. The van der Waals surface area contributed by atoms with E-state index in [0.29, 0.717) is 19.0 Å². The Kier molecular flexibility index (Phi) is 3.73. The van der Waals surface area contributed by atoms with Crippen molar-refractivity contribution >= 4 is 34.8 Å². The van der Waals surface area contributed by atoms with Gasteiger partial charge in [-0.2, -0.15) is 0 Å². The average Bonchev–Trinajstić information content (AvgIpc) is 3.03. The summed E-state index contributed by atoms with van der Waals surface area (Å²) in [7, 11) is 0. The fraction of sp³-hybridized carbons (Fsp3) is 0.571. The van der Waals surface area contributed by atoms with Crippen LogP contribution in [0.4, 0.5) is 0 Å². The molecule has 2 heterocycles. The molecule has 1 saturated carbocycles. The molecule has 2 aliphatic rings. The second-order valence-corrected chi connectivity index (χ2v) is 7.30. The minimum atomic E-state index is -0.207. The maximum Gasteiger partial charge on any atom is 0.225 e. The third kappa shape index (κ3) is 2.83. The molecule has 1 aromatic heterocycles. The summed E-state index contributed by atoms with van der Waals surface area (Å²) in [4.78, 5) is 27.0. The van der Waals surface area contributed by atoms with E-state index in [9.17, 15) is 9.59 Å². The lowest BCUT2D eigenvalue weighted by Gasteiger charge is -2.17. The Balaban J connectivity index is 1.58. The smallest absolute Gasteiger partial charge is 0.225 e. The van der Waals surface area contributed by atoms with Gasteiger partial charge in [0.25, 0.3) is 0 Å². The van der Waals surface area contributed by atoms with Crippen LogP contribution in [-0.2, 0) is 9.59 Å². The van der Waals surface area contributed by atoms with Crippen molar-refractivity contribution in [3.05, 3.63) is 21.3 Å². The number of nitrogens with zero attached hydrogens (tertiary/aromatic N) is 1. The number of rotatable bonds is 4. The van der Waals surface area contributed by atoms with Crippen molar-refractivity contribution in [1.82, 2.24) is 10.2 Å². The van der Waals surface area contributed by atoms with E-state index >= 15 is 0 Å². The fourth-order valence-electron chi connectivity index (χ4n) is 2.61. The van der Waals surface area contributed by atoms with Crippen molar-refractivity contribution in [3.8, 4) is 0 Å². The molecule has 1 aromatic rings. The van der Waals surface area contributed by atoms with Crippen molar-refractivity contribution < 1.29 is 9.59 Å². The Labute approximate surface area is 127 Å². The van der Waals surface area contributed by atoms with Gasteiger partial charge in [-0.15, -0.1) is 11.3 Å². The average molecular weight is 313 g/mol. The first-order valence-corrected chi connectivity index (χ1v) is 8.09. The second-order valence-electron chi connectivity index (χ2n) is 5.55. The summed E-state index contributed by atoms with van der Waals surface area (Å²) < 4.78 is 0.719. The van der Waals surface area contributed by atoms with Gasteiger partial charge in [0.1, 0.15) is 0 Å². The molecule has 1 aliphatic heterocycles. The fourth-order valence-corrected chi connectivity index (χ4v) is 3.67. The molecule has 0 unspecified atom stereocenters. The van der Waals surface area contributed by atoms with Gasteiger partial charge in [0.05, 0.1) is 16.3 Å². The van der Waals surface area contributed by atoms with Crippen molar-refractivity contribution in [2.45, 2.75) is 38.3 Å². The molecule has 6 heteroatoms. The Hall–Kier alpha value is -1.07. The number of carbonyl (C=O) groups is 2. The largest absolute Gasteiger partial charge is 0.348 e. The number of hydrogen-bond donors (Lipinski definition) is 1. The van der Waals surface area contributed by atoms with Crippen LogP contribution in [0, 0.1) is 5.92 Å². The molecule has 1 aliphatic carbocycles. The van der Waals surface area contributed by atoms with Crippen LogP contribution in [-0.4, -0.2) is 29.3 Å². The Bertz CT molecular complexity index is 541. The molecular weight excluding hydrogens is 296 g/mol. The quantitative estimate of drug-likeness (QED) is 0.929. The topological polar surface area (TPSA) is 49.4 Å². The molecule has 108 valence electrons. The third-order valence-electron chi connectivity index (χ3n) is 3.90. The highest BCUT2D eigenvalue weighted by Crippen LogP contribution is 2.33. The number of carbonyl (C=O) groups excluding carboxylic acids is 2. The molecule has 2 fully saturated rings. The molecule has 2 atom stereocenters. The van der Waals surface area contributed by atoms with Gasteiger partial charge in [-0.25, -0.2) is 0 Å². The number of thiophene rings is 1. The minimum absolute atomic E-state index is 0.0291. The SMILES string of the molecule is C[C@H](NC(=O)[C@H]1CC(=O)N(C2CC2)C1)c1ccc(Cl)s1. The number of likely N-dealkylation sites (tertiary alicyclic amines) is 1. The summed E-state index contributed by atoms with van der Waals surface area (Å²) >= 11 is 7.37. The molecule has 1 saturated heterocycles. The van der Waals surface area contributed by atoms with Gasteiger partial charge in [-0.1, -0.05) is 11.6 Å². The van der Waals surface area contributed by atoms with Crippen molar-refractivity contribution in [2.75, 3.05) is 6.54 Å². The summed E-state index contributed by atoms with van der Waals surface area (Å²) in [5.74, 6) is -0.112. The highest BCUT2D eigenvalue weighted by molar-refractivity contribution is 7.16. The van der Waals surface area contributed by atoms with Crippen molar-refractivity contribution in [2.24, 2.45) is 5.92 Å². The van der Waals surface area contributed by atoms with Crippen LogP contribution in [0.5, 0.6) is 0 Å². The standard InChI is InChI=1S/C14H17ClN2O2S/c1-8(11-4-5-12(15)20-11)16-14(19)9-6-13(18)17(7-9)10-2-3-10/h4-5,8-10H,2-3,6-7H2,1H3,(H,16,19)/t8-,9-/m0/s1. The zero-order valence-electron chi connectivity index (χ0n) is 11.3. The van der Waals surface area contributed by atoms with Crippen LogP contribution in [0.25, 0.3) is 0 Å². The zero-order chi connectivity index (χ0) is 14.3. The summed E-state index contributed by atoms with van der Waals surface area (Å²) in [6.07, 6.45) is 2.52. The highest BCUT2D eigenvalue weighted by atomic mass is 35.5. The molecular formula is C14H17ClN2O2S. The van der Waals surface area contributed by atoms with Crippen LogP contribution < -0.4 is 5.32 Å². The zero-order valence-corrected chi connectivity index (χ0v) is 12.8. The molecule has 1 N–H and O–H groups in total. The van der Waals surface area contributed by atoms with Gasteiger partial charge in [0.15, 0.2) is 0 Å². The molecule has 0 aromatic carbocycles. The van der Waals surface area contributed by atoms with Gasteiger partial charge >= 0.3 is 0 Å². The summed E-state index contributed by atoms with van der Waals surface area (Å²) in [6, 6.07) is 4.09. The first-order chi connectivity index (χ1) is 9.54. The number of hydrogen-bond acceptors (Lipinski definition) is 3. The van der Waals surface area contributed by atoms with E-state index in [1.165, 1.54) is 11.3 Å². The predicted octanol–water partition coefficient (Wildman–Crippen LogP) is 2.59. The van der Waals surface area contributed by atoms with Crippen molar-refractivity contribution in [1.29, 1.82) is 0 Å².